The summed E-state index contributed by atoms with van der Waals surface area (Å²) in [5.41, 5.74) is 11.4. The van der Waals surface area contributed by atoms with Crippen molar-refractivity contribution in [3.05, 3.63) is 148 Å². The Bertz CT molecular complexity index is 3170. The first-order chi connectivity index (χ1) is 38.1. The number of fused-ring (bicyclic) bond motifs is 3. The van der Waals surface area contributed by atoms with Crippen molar-refractivity contribution in [2.45, 2.75) is 147 Å². The zero-order chi connectivity index (χ0) is 56.0. The average Bonchev–Trinajstić information content (AvgIpc) is 4.34. The minimum Gasteiger partial charge on any atom is -0.497 e. The van der Waals surface area contributed by atoms with Gasteiger partial charge in [-0.15, -0.1) is 0 Å². The molecule has 1 fully saturated rings. The van der Waals surface area contributed by atoms with Gasteiger partial charge in [0.2, 0.25) is 17.5 Å². The van der Waals surface area contributed by atoms with Gasteiger partial charge in [0, 0.05) is 79.4 Å². The second-order valence-electron chi connectivity index (χ2n) is 22.6. The summed E-state index contributed by atoms with van der Waals surface area (Å²) in [6.07, 6.45) is 17.8. The summed E-state index contributed by atoms with van der Waals surface area (Å²) in [7, 11) is 5.27. The number of amides is 2. The number of aliphatic hydroxyl groups is 2. The molecule has 2 amide bonds. The number of nitrogens with one attached hydrogen (secondary N) is 2. The van der Waals surface area contributed by atoms with Crippen LogP contribution in [-0.2, 0) is 31.6 Å². The number of hydrogen-bond acceptors (Lipinski definition) is 11. The number of aromatic nitrogens is 4. The van der Waals surface area contributed by atoms with Gasteiger partial charge in [-0.3, -0.25) is 14.2 Å². The Kier molecular flexibility index (Phi) is 17.9. The fraction of sp³-hybridized carbons (Fsp3) is 0.460. The minimum absolute atomic E-state index is 0.120. The Morgan fingerprint density at radius 3 is 2.43 bits per heavy atom. The standard InChI is InChI=1S/C63H78ClN9O6/c1-9-10-17-35-71-48-24-15-13-22-45(48)62(2,3)51(71)33-29-42-20-19-21-43(54(42)64)30-34-52-63(4,5)46-23-14-16-25-49(46)72(52)36-18-11-12-26-53(75)68-47(37-41-27-31-44(78-8)32-28-41)60(77)69-55-50(38-74)79-61(57(55)76)73-40-67-56-58(70(6)7)65-39-66-59(56)73/h13-16,22-25,27-34,39-40,47,50,55,57,61,74,76H,9-12,17-21,26,35-38H2,1-8H3,(H-,68,69,75,77)/p+1/t47-,50?,55?,57?,61?/m0/s1. The number of methoxy groups -OCH3 is 1. The first-order valence-electron chi connectivity index (χ1n) is 28.2. The molecular weight excluding hydrogens is 1010 g/mol. The maximum absolute atomic E-state index is 14.3. The maximum Gasteiger partial charge on any atom is 0.243 e. The molecule has 3 aliphatic heterocycles. The van der Waals surface area contributed by atoms with Crippen LogP contribution in [0.4, 0.5) is 17.2 Å². The van der Waals surface area contributed by atoms with E-state index in [1.807, 2.05) is 31.1 Å². The molecule has 5 aromatic rings. The van der Waals surface area contributed by atoms with Crippen molar-refractivity contribution < 1.29 is 33.9 Å². The van der Waals surface area contributed by atoms with Crippen molar-refractivity contribution in [2.24, 2.45) is 0 Å². The van der Waals surface area contributed by atoms with Gasteiger partial charge in [-0.2, -0.15) is 4.58 Å². The molecule has 0 radical (unpaired) electrons. The third kappa shape index (κ3) is 12.0. The second-order valence-corrected chi connectivity index (χ2v) is 23.0. The molecule has 4 N–H and O–H groups in total. The predicted molar refractivity (Wildman–Crippen MR) is 313 cm³/mol. The van der Waals surface area contributed by atoms with Crippen LogP contribution >= 0.6 is 11.6 Å². The Morgan fingerprint density at radius 2 is 1.68 bits per heavy atom. The topological polar surface area (TPSA) is 170 Å². The molecule has 5 atom stereocenters. The van der Waals surface area contributed by atoms with Crippen LogP contribution < -0.4 is 25.2 Å². The lowest BCUT2D eigenvalue weighted by molar-refractivity contribution is -0.438. The summed E-state index contributed by atoms with van der Waals surface area (Å²) in [5, 5.41) is 28.9. The number of carbonyl (C=O) groups is 2. The Balaban J connectivity index is 0.861. The highest BCUT2D eigenvalue weighted by atomic mass is 35.5. The molecule has 418 valence electrons. The fourth-order valence-corrected chi connectivity index (χ4v) is 12.3. The SMILES string of the molecule is CCCCC[N+]1=C(/C=C/C2=C(Cl)C(=C/C=C3/N(CCCCCC(=O)N[C@@H](Cc4ccc(OC)cc4)C(=O)NC4C(CO)OC(n5cnc6c(N(C)C)ncnc65)C4O)c4ccccc4C3(C)C)/CCC2)C(C)(C)c2ccccc21. The van der Waals surface area contributed by atoms with Gasteiger partial charge in [-0.05, 0) is 98.9 Å². The molecule has 4 unspecified atom stereocenters. The molecule has 1 aliphatic carbocycles. The Hall–Kier alpha value is -6.65. The number of hydrogen-bond donors (Lipinski definition) is 4. The van der Waals surface area contributed by atoms with Gasteiger partial charge < -0.3 is 40.1 Å². The van der Waals surface area contributed by atoms with E-state index in [1.54, 1.807) is 23.8 Å². The number of allylic oxidation sites excluding steroid dienone is 8. The number of anilines is 2. The van der Waals surface area contributed by atoms with E-state index in [0.29, 0.717) is 29.2 Å². The first-order valence-corrected chi connectivity index (χ1v) is 28.6. The molecule has 3 aromatic carbocycles. The van der Waals surface area contributed by atoms with E-state index in [2.05, 4.69) is 143 Å². The smallest absolute Gasteiger partial charge is 0.243 e. The van der Waals surface area contributed by atoms with E-state index in [4.69, 9.17) is 21.1 Å². The molecule has 0 saturated carbocycles. The number of para-hydroxylation sites is 2. The zero-order valence-corrected chi connectivity index (χ0v) is 48.0. The molecule has 79 heavy (non-hydrogen) atoms. The highest BCUT2D eigenvalue weighted by molar-refractivity contribution is 6.32. The molecule has 5 heterocycles. The molecule has 4 aliphatic rings. The highest BCUT2D eigenvalue weighted by Crippen LogP contribution is 2.48. The Morgan fingerprint density at radius 1 is 0.924 bits per heavy atom. The van der Waals surface area contributed by atoms with Gasteiger partial charge in [0.25, 0.3) is 0 Å². The average molecular weight is 1090 g/mol. The number of rotatable bonds is 22. The number of imidazole rings is 1. The van der Waals surface area contributed by atoms with Crippen LogP contribution in [0.3, 0.4) is 0 Å². The van der Waals surface area contributed by atoms with Crippen molar-refractivity contribution in [3.63, 3.8) is 0 Å². The monoisotopic (exact) mass is 1090 g/mol. The van der Waals surface area contributed by atoms with Gasteiger partial charge in [-0.1, -0.05) is 106 Å². The zero-order valence-electron chi connectivity index (χ0n) is 47.2. The van der Waals surface area contributed by atoms with Crippen LogP contribution in [0.15, 0.2) is 132 Å². The first kappa shape index (κ1) is 57.0. The van der Waals surface area contributed by atoms with E-state index in [0.717, 1.165) is 67.8 Å². The largest absolute Gasteiger partial charge is 0.497 e. The van der Waals surface area contributed by atoms with Crippen LogP contribution in [0.25, 0.3) is 11.2 Å². The molecule has 0 bridgehead atoms. The summed E-state index contributed by atoms with van der Waals surface area (Å²) in [6, 6.07) is 22.8. The predicted octanol–water partition coefficient (Wildman–Crippen LogP) is 10.0. The number of unbranched alkanes of at least 4 members (excludes halogenated alkanes) is 4. The number of nitrogens with zero attached hydrogens (tertiary/aromatic N) is 7. The number of benzene rings is 3. The maximum atomic E-state index is 14.3. The van der Waals surface area contributed by atoms with E-state index >= 15 is 0 Å². The van der Waals surface area contributed by atoms with Crippen molar-refractivity contribution >= 4 is 57.5 Å². The van der Waals surface area contributed by atoms with Crippen molar-refractivity contribution in [2.75, 3.05) is 50.7 Å². The van der Waals surface area contributed by atoms with E-state index in [-0.39, 0.29) is 29.6 Å². The molecule has 0 spiro atoms. The molecule has 2 aromatic heterocycles. The van der Waals surface area contributed by atoms with E-state index in [9.17, 15) is 19.8 Å². The lowest BCUT2D eigenvalue weighted by atomic mass is 9.81. The number of carbonyl (C=O) groups excluding carboxylic acids is 2. The van der Waals surface area contributed by atoms with Gasteiger partial charge in [0.05, 0.1) is 31.5 Å². The fourth-order valence-electron chi connectivity index (χ4n) is 12.0. The van der Waals surface area contributed by atoms with Gasteiger partial charge >= 0.3 is 0 Å². The lowest BCUT2D eigenvalue weighted by Gasteiger charge is -2.27. The van der Waals surface area contributed by atoms with Crippen molar-refractivity contribution in [1.82, 2.24) is 30.2 Å². The molecular formula is C63H79ClN9O6+. The Labute approximate surface area is 470 Å². The van der Waals surface area contributed by atoms with E-state index in [1.165, 1.54) is 65.0 Å². The second kappa shape index (κ2) is 24.8. The highest BCUT2D eigenvalue weighted by Gasteiger charge is 2.47. The number of aliphatic hydroxyl groups excluding tert-OH is 2. The lowest BCUT2D eigenvalue weighted by Crippen LogP contribution is -2.55. The number of halogens is 1. The summed E-state index contributed by atoms with van der Waals surface area (Å²) in [4.78, 5) is 45.6. The summed E-state index contributed by atoms with van der Waals surface area (Å²) < 4.78 is 15.6. The van der Waals surface area contributed by atoms with Gasteiger partial charge in [0.15, 0.2) is 28.9 Å². The summed E-state index contributed by atoms with van der Waals surface area (Å²) in [5.74, 6) is 0.467. The van der Waals surface area contributed by atoms with Crippen LogP contribution in [0, 0.1) is 0 Å². The van der Waals surface area contributed by atoms with Crippen LogP contribution in [0.1, 0.15) is 122 Å². The minimum atomic E-state index is -1.30. The molecule has 16 heteroatoms. The molecule has 9 rings (SSSR count). The van der Waals surface area contributed by atoms with Gasteiger partial charge in [0.1, 0.15) is 36.9 Å². The summed E-state index contributed by atoms with van der Waals surface area (Å²) in [6.45, 7) is 12.8. The molecule has 1 saturated heterocycles. The summed E-state index contributed by atoms with van der Waals surface area (Å²) >= 11 is 7.37. The quantitative estimate of drug-likeness (QED) is 0.0384. The van der Waals surface area contributed by atoms with Crippen LogP contribution in [-0.4, -0.2) is 117 Å². The normalized spacial score (nSPS) is 21.8. The third-order valence-corrected chi connectivity index (χ3v) is 16.8. The van der Waals surface area contributed by atoms with Gasteiger partial charge in [-0.25, -0.2) is 15.0 Å². The number of ether oxygens (including phenoxy) is 2. The van der Waals surface area contributed by atoms with Crippen molar-refractivity contribution in [3.8, 4) is 5.75 Å². The third-order valence-electron chi connectivity index (χ3n) is 16.4. The van der Waals surface area contributed by atoms with Crippen LogP contribution in [0.5, 0.6) is 5.75 Å². The van der Waals surface area contributed by atoms with E-state index < -0.39 is 43.0 Å². The van der Waals surface area contributed by atoms with Crippen molar-refractivity contribution in [1.29, 1.82) is 0 Å². The molecule has 15 nitrogen and oxygen atoms in total. The van der Waals surface area contributed by atoms with Crippen LogP contribution in [0.2, 0.25) is 0 Å².